The van der Waals surface area contributed by atoms with E-state index >= 15 is 0 Å². The number of anilines is 1. The van der Waals surface area contributed by atoms with Crippen molar-refractivity contribution in [1.82, 2.24) is 9.88 Å². The van der Waals surface area contributed by atoms with Crippen molar-refractivity contribution >= 4 is 34.6 Å². The lowest BCUT2D eigenvalue weighted by atomic mass is 9.94. The number of hydrogen-bond acceptors (Lipinski definition) is 4. The Morgan fingerprint density at radius 3 is 3.13 bits per heavy atom. The van der Waals surface area contributed by atoms with E-state index in [1.54, 1.807) is 11.0 Å². The standard InChI is InChI=1S/C17H22ClN3O2/c1-3-20(2)16(22)9-12-5-4-8-21(11-12)17-19-14-7-6-13(18)10-15(14)23-17/h6-7,10,12H,3-5,8-9,11H2,1-2H3. The summed E-state index contributed by atoms with van der Waals surface area (Å²) >= 11 is 5.99. The van der Waals surface area contributed by atoms with E-state index < -0.39 is 0 Å². The van der Waals surface area contributed by atoms with Crippen LogP contribution in [0, 0.1) is 5.92 Å². The van der Waals surface area contributed by atoms with Gasteiger partial charge in [0.05, 0.1) is 0 Å². The van der Waals surface area contributed by atoms with Gasteiger partial charge in [-0.3, -0.25) is 4.79 Å². The van der Waals surface area contributed by atoms with E-state index in [9.17, 15) is 4.79 Å². The van der Waals surface area contributed by atoms with Gasteiger partial charge >= 0.3 is 0 Å². The molecule has 124 valence electrons. The van der Waals surface area contributed by atoms with Crippen molar-refractivity contribution in [1.29, 1.82) is 0 Å². The molecule has 1 unspecified atom stereocenters. The smallest absolute Gasteiger partial charge is 0.298 e. The lowest BCUT2D eigenvalue weighted by Gasteiger charge is -2.32. The van der Waals surface area contributed by atoms with Gasteiger partial charge in [-0.1, -0.05) is 11.6 Å². The van der Waals surface area contributed by atoms with E-state index in [0.717, 1.165) is 38.0 Å². The fourth-order valence-corrected chi connectivity index (χ4v) is 3.17. The predicted molar refractivity (Wildman–Crippen MR) is 91.9 cm³/mol. The number of rotatable bonds is 4. The first-order valence-corrected chi connectivity index (χ1v) is 8.49. The van der Waals surface area contributed by atoms with Gasteiger partial charge in [0.15, 0.2) is 5.58 Å². The van der Waals surface area contributed by atoms with E-state index in [1.165, 1.54) is 0 Å². The number of carbonyl (C=O) groups excluding carboxylic acids is 1. The molecule has 5 nitrogen and oxygen atoms in total. The van der Waals surface area contributed by atoms with Crippen LogP contribution in [0.1, 0.15) is 26.2 Å². The second-order valence-electron chi connectivity index (χ2n) is 6.17. The molecule has 2 heterocycles. The zero-order chi connectivity index (χ0) is 16.4. The topological polar surface area (TPSA) is 49.6 Å². The number of halogens is 1. The van der Waals surface area contributed by atoms with Gasteiger partial charge < -0.3 is 14.2 Å². The fourth-order valence-electron chi connectivity index (χ4n) is 3.01. The average molecular weight is 336 g/mol. The Bertz CT molecular complexity index is 700. The van der Waals surface area contributed by atoms with Crippen LogP contribution in [0.2, 0.25) is 5.02 Å². The molecule has 0 N–H and O–H groups in total. The molecule has 1 atom stereocenters. The molecule has 2 aromatic rings. The molecule has 0 aliphatic carbocycles. The molecule has 1 fully saturated rings. The van der Waals surface area contributed by atoms with Gasteiger partial charge in [0.25, 0.3) is 6.01 Å². The van der Waals surface area contributed by atoms with Crippen LogP contribution in [0.25, 0.3) is 11.1 Å². The lowest BCUT2D eigenvalue weighted by Crippen LogP contribution is -2.38. The second-order valence-corrected chi connectivity index (χ2v) is 6.61. The number of aromatic nitrogens is 1. The summed E-state index contributed by atoms with van der Waals surface area (Å²) in [7, 11) is 1.85. The second kappa shape index (κ2) is 6.79. The molecule has 1 saturated heterocycles. The Kier molecular flexibility index (Phi) is 4.76. The number of oxazole rings is 1. The minimum Gasteiger partial charge on any atom is -0.423 e. The zero-order valence-corrected chi connectivity index (χ0v) is 14.3. The molecule has 0 bridgehead atoms. The highest BCUT2D eigenvalue weighted by Crippen LogP contribution is 2.29. The molecule has 1 aromatic heterocycles. The number of nitrogens with zero attached hydrogens (tertiary/aromatic N) is 3. The molecule has 1 aliphatic rings. The molecule has 0 radical (unpaired) electrons. The van der Waals surface area contributed by atoms with Crippen LogP contribution in [-0.2, 0) is 4.79 Å². The van der Waals surface area contributed by atoms with Gasteiger partial charge in [-0.2, -0.15) is 4.98 Å². The molecule has 1 aliphatic heterocycles. The molecule has 3 rings (SSSR count). The zero-order valence-electron chi connectivity index (χ0n) is 13.6. The first-order chi connectivity index (χ1) is 11.1. The summed E-state index contributed by atoms with van der Waals surface area (Å²) in [5.74, 6) is 0.563. The van der Waals surface area contributed by atoms with Crippen molar-refractivity contribution in [2.75, 3.05) is 31.6 Å². The number of benzene rings is 1. The average Bonchev–Trinajstić information content (AvgIpc) is 2.97. The summed E-state index contributed by atoms with van der Waals surface area (Å²) in [5.41, 5.74) is 1.52. The maximum absolute atomic E-state index is 12.1. The SMILES string of the molecule is CCN(C)C(=O)CC1CCCN(c2nc3ccc(Cl)cc3o2)C1. The normalized spacial score (nSPS) is 18.4. The highest BCUT2D eigenvalue weighted by Gasteiger charge is 2.26. The number of amides is 1. The summed E-state index contributed by atoms with van der Waals surface area (Å²) in [5, 5.41) is 0.643. The van der Waals surface area contributed by atoms with Crippen LogP contribution in [0.4, 0.5) is 6.01 Å². The summed E-state index contributed by atoms with van der Waals surface area (Å²) in [6.45, 7) is 4.47. The largest absolute Gasteiger partial charge is 0.423 e. The number of piperidine rings is 1. The van der Waals surface area contributed by atoms with Crippen LogP contribution < -0.4 is 4.90 Å². The van der Waals surface area contributed by atoms with Crippen LogP contribution in [0.15, 0.2) is 22.6 Å². The third-order valence-electron chi connectivity index (χ3n) is 4.49. The molecule has 0 spiro atoms. The van der Waals surface area contributed by atoms with Crippen molar-refractivity contribution in [3.63, 3.8) is 0 Å². The molecule has 1 amide bonds. The number of carbonyl (C=O) groups is 1. The highest BCUT2D eigenvalue weighted by molar-refractivity contribution is 6.31. The molecule has 0 saturated carbocycles. The van der Waals surface area contributed by atoms with Gasteiger partial charge in [0.1, 0.15) is 5.52 Å². The van der Waals surface area contributed by atoms with E-state index in [2.05, 4.69) is 9.88 Å². The Morgan fingerprint density at radius 1 is 1.52 bits per heavy atom. The van der Waals surface area contributed by atoms with Gasteiger partial charge in [-0.05, 0) is 37.8 Å². The predicted octanol–water partition coefficient (Wildman–Crippen LogP) is 3.57. The Balaban J connectivity index is 1.71. The summed E-state index contributed by atoms with van der Waals surface area (Å²) in [6, 6.07) is 6.10. The monoisotopic (exact) mass is 335 g/mol. The maximum atomic E-state index is 12.1. The lowest BCUT2D eigenvalue weighted by molar-refractivity contribution is -0.130. The summed E-state index contributed by atoms with van der Waals surface area (Å²) in [4.78, 5) is 20.6. The fraction of sp³-hybridized carbons (Fsp3) is 0.529. The van der Waals surface area contributed by atoms with Crippen molar-refractivity contribution in [3.05, 3.63) is 23.2 Å². The van der Waals surface area contributed by atoms with Crippen LogP contribution in [-0.4, -0.2) is 42.5 Å². The first-order valence-electron chi connectivity index (χ1n) is 8.12. The highest BCUT2D eigenvalue weighted by atomic mass is 35.5. The minimum absolute atomic E-state index is 0.212. The molecular formula is C17H22ClN3O2. The quantitative estimate of drug-likeness (QED) is 0.857. The molecule has 6 heteroatoms. The Labute approximate surface area is 141 Å². The van der Waals surface area contributed by atoms with Crippen LogP contribution in [0.3, 0.4) is 0 Å². The van der Waals surface area contributed by atoms with Crippen molar-refractivity contribution in [3.8, 4) is 0 Å². The van der Waals surface area contributed by atoms with Crippen molar-refractivity contribution in [2.45, 2.75) is 26.2 Å². The van der Waals surface area contributed by atoms with Gasteiger partial charge in [0.2, 0.25) is 5.91 Å². The van der Waals surface area contributed by atoms with E-state index in [-0.39, 0.29) is 5.91 Å². The number of fused-ring (bicyclic) bond motifs is 1. The van der Waals surface area contributed by atoms with Gasteiger partial charge in [0, 0.05) is 44.2 Å². The van der Waals surface area contributed by atoms with Gasteiger partial charge in [-0.25, -0.2) is 0 Å². The molecular weight excluding hydrogens is 314 g/mol. The third kappa shape index (κ3) is 3.61. The number of hydrogen-bond donors (Lipinski definition) is 0. The van der Waals surface area contributed by atoms with Crippen molar-refractivity contribution < 1.29 is 9.21 Å². The summed E-state index contributed by atoms with van der Waals surface area (Å²) in [6.07, 6.45) is 2.71. The third-order valence-corrected chi connectivity index (χ3v) is 4.73. The Morgan fingerprint density at radius 2 is 2.35 bits per heavy atom. The van der Waals surface area contributed by atoms with E-state index in [4.69, 9.17) is 16.0 Å². The first kappa shape index (κ1) is 16.1. The van der Waals surface area contributed by atoms with E-state index in [0.29, 0.717) is 29.0 Å². The van der Waals surface area contributed by atoms with Crippen LogP contribution in [0.5, 0.6) is 0 Å². The summed E-state index contributed by atoms with van der Waals surface area (Å²) < 4.78 is 5.85. The minimum atomic E-state index is 0.212. The maximum Gasteiger partial charge on any atom is 0.298 e. The van der Waals surface area contributed by atoms with E-state index in [1.807, 2.05) is 26.1 Å². The van der Waals surface area contributed by atoms with Crippen molar-refractivity contribution in [2.24, 2.45) is 5.92 Å². The molecule has 23 heavy (non-hydrogen) atoms. The molecule has 1 aromatic carbocycles. The Hall–Kier alpha value is -1.75. The van der Waals surface area contributed by atoms with Gasteiger partial charge in [-0.15, -0.1) is 0 Å². The van der Waals surface area contributed by atoms with Crippen LogP contribution >= 0.6 is 11.6 Å².